The standard InChI is InChI=1S/C13H20FN3O/c1-4-18-12-6-5-10(7-11(12)14)17-13(15)16-8-9(2)3/h5-7,9H,4,8H2,1-3H3,(H3,15,16,17). The number of nitrogens with one attached hydrogen (secondary N) is 1. The number of nitrogens with two attached hydrogens (primary N) is 1. The summed E-state index contributed by atoms with van der Waals surface area (Å²) >= 11 is 0. The maximum atomic E-state index is 13.6. The van der Waals surface area contributed by atoms with Crippen LogP contribution in [0.5, 0.6) is 5.75 Å². The molecular weight excluding hydrogens is 233 g/mol. The highest BCUT2D eigenvalue weighted by atomic mass is 19.1. The van der Waals surface area contributed by atoms with Gasteiger partial charge in [-0.2, -0.15) is 0 Å². The minimum absolute atomic E-state index is 0.237. The van der Waals surface area contributed by atoms with Crippen LogP contribution in [0.4, 0.5) is 10.1 Å². The zero-order valence-electron chi connectivity index (χ0n) is 11.0. The molecular formula is C13H20FN3O. The van der Waals surface area contributed by atoms with E-state index in [1.54, 1.807) is 12.1 Å². The molecule has 0 aromatic heterocycles. The molecule has 0 aliphatic rings. The van der Waals surface area contributed by atoms with Crippen LogP contribution in [0.25, 0.3) is 0 Å². The number of rotatable bonds is 5. The predicted octanol–water partition coefficient (Wildman–Crippen LogP) is 2.61. The molecule has 0 heterocycles. The third-order valence-electron chi connectivity index (χ3n) is 2.13. The van der Waals surface area contributed by atoms with Gasteiger partial charge in [-0.15, -0.1) is 0 Å². The fourth-order valence-electron chi connectivity index (χ4n) is 1.32. The number of benzene rings is 1. The summed E-state index contributed by atoms with van der Waals surface area (Å²) in [5.41, 5.74) is 6.24. The first-order valence-electron chi connectivity index (χ1n) is 6.02. The normalized spacial score (nSPS) is 11.7. The Hall–Kier alpha value is -1.78. The van der Waals surface area contributed by atoms with Crippen molar-refractivity contribution in [3.05, 3.63) is 24.0 Å². The molecule has 5 heteroatoms. The fourth-order valence-corrected chi connectivity index (χ4v) is 1.32. The van der Waals surface area contributed by atoms with Crippen LogP contribution in [0.1, 0.15) is 20.8 Å². The van der Waals surface area contributed by atoms with Gasteiger partial charge < -0.3 is 15.8 Å². The molecule has 0 atom stereocenters. The molecule has 0 bridgehead atoms. The zero-order chi connectivity index (χ0) is 13.5. The summed E-state index contributed by atoms with van der Waals surface area (Å²) < 4.78 is 18.7. The fraction of sp³-hybridized carbons (Fsp3) is 0.462. The molecule has 4 nitrogen and oxygen atoms in total. The average molecular weight is 253 g/mol. The molecule has 0 radical (unpaired) electrons. The highest BCUT2D eigenvalue weighted by Gasteiger charge is 2.04. The number of ether oxygens (including phenoxy) is 1. The highest BCUT2D eigenvalue weighted by molar-refractivity contribution is 5.92. The van der Waals surface area contributed by atoms with E-state index < -0.39 is 5.82 Å². The molecule has 1 rings (SSSR count). The quantitative estimate of drug-likeness (QED) is 0.626. The van der Waals surface area contributed by atoms with Crippen molar-refractivity contribution in [2.75, 3.05) is 18.5 Å². The monoisotopic (exact) mass is 253 g/mol. The predicted molar refractivity (Wildman–Crippen MR) is 72.5 cm³/mol. The average Bonchev–Trinajstić information content (AvgIpc) is 2.30. The Bertz CT molecular complexity index is 419. The lowest BCUT2D eigenvalue weighted by Crippen LogP contribution is -2.23. The molecule has 0 fully saturated rings. The molecule has 1 aromatic carbocycles. The van der Waals surface area contributed by atoms with Gasteiger partial charge in [-0.05, 0) is 25.0 Å². The van der Waals surface area contributed by atoms with Crippen LogP contribution < -0.4 is 15.8 Å². The van der Waals surface area contributed by atoms with Crippen molar-refractivity contribution >= 4 is 11.6 Å². The first-order chi connectivity index (χ1) is 8.52. The third kappa shape index (κ3) is 4.61. The van der Waals surface area contributed by atoms with Gasteiger partial charge in [0, 0.05) is 18.3 Å². The van der Waals surface area contributed by atoms with E-state index in [1.807, 2.05) is 20.8 Å². The lowest BCUT2D eigenvalue weighted by atomic mass is 10.2. The molecule has 0 unspecified atom stereocenters. The summed E-state index contributed by atoms with van der Waals surface area (Å²) in [4.78, 5) is 4.14. The molecule has 0 aliphatic carbocycles. The van der Waals surface area contributed by atoms with E-state index >= 15 is 0 Å². The number of aliphatic imine (C=N–C) groups is 1. The van der Waals surface area contributed by atoms with Crippen molar-refractivity contribution < 1.29 is 9.13 Å². The van der Waals surface area contributed by atoms with Gasteiger partial charge in [0.05, 0.1) is 6.61 Å². The Morgan fingerprint density at radius 1 is 1.50 bits per heavy atom. The SMILES string of the molecule is CCOc1ccc(NC(N)=NCC(C)C)cc1F. The second kappa shape index (κ2) is 6.83. The van der Waals surface area contributed by atoms with Crippen molar-refractivity contribution in [3.63, 3.8) is 0 Å². The summed E-state index contributed by atoms with van der Waals surface area (Å²) in [7, 11) is 0. The maximum absolute atomic E-state index is 13.6. The minimum Gasteiger partial charge on any atom is -0.491 e. The van der Waals surface area contributed by atoms with Crippen molar-refractivity contribution in [2.24, 2.45) is 16.6 Å². The van der Waals surface area contributed by atoms with Gasteiger partial charge in [0.15, 0.2) is 17.5 Å². The molecule has 100 valence electrons. The van der Waals surface area contributed by atoms with Crippen molar-refractivity contribution in [1.82, 2.24) is 0 Å². The first-order valence-corrected chi connectivity index (χ1v) is 6.02. The Morgan fingerprint density at radius 2 is 2.22 bits per heavy atom. The van der Waals surface area contributed by atoms with Gasteiger partial charge in [0.2, 0.25) is 0 Å². The van der Waals surface area contributed by atoms with E-state index in [0.717, 1.165) is 0 Å². The van der Waals surface area contributed by atoms with Gasteiger partial charge in [-0.25, -0.2) is 4.39 Å². The van der Waals surface area contributed by atoms with Gasteiger partial charge in [0.25, 0.3) is 0 Å². The van der Waals surface area contributed by atoms with Crippen molar-refractivity contribution in [2.45, 2.75) is 20.8 Å². The van der Waals surface area contributed by atoms with Crippen LogP contribution in [0.15, 0.2) is 23.2 Å². The Balaban J connectivity index is 2.68. The summed E-state index contributed by atoms with van der Waals surface area (Å²) in [5.74, 6) is 0.536. The number of nitrogens with zero attached hydrogens (tertiary/aromatic N) is 1. The van der Waals surface area contributed by atoms with Gasteiger partial charge in [-0.3, -0.25) is 4.99 Å². The molecule has 18 heavy (non-hydrogen) atoms. The number of anilines is 1. The van der Waals surface area contributed by atoms with Gasteiger partial charge in [0.1, 0.15) is 0 Å². The van der Waals surface area contributed by atoms with E-state index in [9.17, 15) is 4.39 Å². The van der Waals surface area contributed by atoms with E-state index in [2.05, 4.69) is 10.3 Å². The number of halogens is 1. The second-order valence-electron chi connectivity index (χ2n) is 4.32. The van der Waals surface area contributed by atoms with E-state index in [-0.39, 0.29) is 11.7 Å². The molecule has 0 spiro atoms. The number of hydrogen-bond donors (Lipinski definition) is 2. The van der Waals surface area contributed by atoms with Crippen LogP contribution in [0.3, 0.4) is 0 Å². The Kier molecular flexibility index (Phi) is 5.42. The maximum Gasteiger partial charge on any atom is 0.193 e. The smallest absolute Gasteiger partial charge is 0.193 e. The molecule has 0 aliphatic heterocycles. The molecule has 0 amide bonds. The van der Waals surface area contributed by atoms with Crippen LogP contribution in [0, 0.1) is 11.7 Å². The van der Waals surface area contributed by atoms with E-state index in [1.165, 1.54) is 6.07 Å². The number of guanidine groups is 1. The van der Waals surface area contributed by atoms with Crippen LogP contribution in [-0.4, -0.2) is 19.1 Å². The molecule has 3 N–H and O–H groups in total. The summed E-state index contributed by atoms with van der Waals surface area (Å²) in [6, 6.07) is 4.60. The van der Waals surface area contributed by atoms with E-state index in [4.69, 9.17) is 10.5 Å². The van der Waals surface area contributed by atoms with Crippen LogP contribution >= 0.6 is 0 Å². The zero-order valence-corrected chi connectivity index (χ0v) is 11.0. The lowest BCUT2D eigenvalue weighted by Gasteiger charge is -2.09. The summed E-state index contributed by atoms with van der Waals surface area (Å²) in [5, 5.41) is 2.84. The largest absolute Gasteiger partial charge is 0.491 e. The highest BCUT2D eigenvalue weighted by Crippen LogP contribution is 2.20. The molecule has 0 saturated carbocycles. The topological polar surface area (TPSA) is 59.6 Å². The molecule has 1 aromatic rings. The van der Waals surface area contributed by atoms with Crippen LogP contribution in [0.2, 0.25) is 0 Å². The molecule has 0 saturated heterocycles. The van der Waals surface area contributed by atoms with Crippen molar-refractivity contribution in [1.29, 1.82) is 0 Å². The van der Waals surface area contributed by atoms with Gasteiger partial charge in [-0.1, -0.05) is 13.8 Å². The minimum atomic E-state index is -0.418. The lowest BCUT2D eigenvalue weighted by molar-refractivity contribution is 0.321. The third-order valence-corrected chi connectivity index (χ3v) is 2.13. The van der Waals surface area contributed by atoms with Crippen LogP contribution in [-0.2, 0) is 0 Å². The van der Waals surface area contributed by atoms with E-state index in [0.29, 0.717) is 24.8 Å². The Morgan fingerprint density at radius 3 is 2.78 bits per heavy atom. The second-order valence-corrected chi connectivity index (χ2v) is 4.32. The van der Waals surface area contributed by atoms with Crippen molar-refractivity contribution in [3.8, 4) is 5.75 Å². The number of hydrogen-bond acceptors (Lipinski definition) is 2. The first kappa shape index (κ1) is 14.3. The van der Waals surface area contributed by atoms with Gasteiger partial charge >= 0.3 is 0 Å². The summed E-state index contributed by atoms with van der Waals surface area (Å²) in [6.45, 7) is 6.98. The summed E-state index contributed by atoms with van der Waals surface area (Å²) in [6.07, 6.45) is 0. The Labute approximate surface area is 107 Å².